The monoisotopic (exact) mass is 297 g/mol. The lowest BCUT2D eigenvalue weighted by molar-refractivity contribution is 0.422. The van der Waals surface area contributed by atoms with E-state index in [4.69, 9.17) is 10.3 Å². The third kappa shape index (κ3) is 2.96. The van der Waals surface area contributed by atoms with E-state index in [1.807, 2.05) is 34.3 Å². The summed E-state index contributed by atoms with van der Waals surface area (Å²) in [7, 11) is 0. The first-order valence-electron chi connectivity index (χ1n) is 6.12. The van der Waals surface area contributed by atoms with Gasteiger partial charge in [-0.1, -0.05) is 5.16 Å². The Hall–Kier alpha value is -0.990. The molecule has 3 rings (SSSR count). The van der Waals surface area contributed by atoms with Crippen LogP contribution in [0.3, 0.4) is 0 Å². The standard InChI is InChI=1S/C11H15N5OS2/c12-1-2-16-5-8(13-7-16)11-14-10(15-17-11)9-6-18-3-4-19-9/h5,7,9H,1-4,6,12H2. The van der Waals surface area contributed by atoms with Crippen molar-refractivity contribution in [2.45, 2.75) is 11.8 Å². The molecule has 0 saturated carbocycles. The molecule has 1 aliphatic rings. The Morgan fingerprint density at radius 2 is 2.42 bits per heavy atom. The molecule has 6 nitrogen and oxygen atoms in total. The average Bonchev–Trinajstić information content (AvgIpc) is 3.08. The molecule has 3 heterocycles. The van der Waals surface area contributed by atoms with Crippen molar-refractivity contribution < 1.29 is 4.52 Å². The topological polar surface area (TPSA) is 82.8 Å². The molecule has 0 spiro atoms. The molecular weight excluding hydrogens is 282 g/mol. The van der Waals surface area contributed by atoms with Gasteiger partial charge in [0.1, 0.15) is 5.69 Å². The highest BCUT2D eigenvalue weighted by Gasteiger charge is 2.22. The van der Waals surface area contributed by atoms with E-state index in [9.17, 15) is 0 Å². The summed E-state index contributed by atoms with van der Waals surface area (Å²) in [5.41, 5.74) is 6.21. The van der Waals surface area contributed by atoms with Crippen LogP contribution in [0.2, 0.25) is 0 Å². The van der Waals surface area contributed by atoms with Gasteiger partial charge in [-0.15, -0.1) is 11.8 Å². The van der Waals surface area contributed by atoms with E-state index in [1.54, 1.807) is 6.33 Å². The molecule has 1 saturated heterocycles. The average molecular weight is 297 g/mol. The number of imidazole rings is 1. The summed E-state index contributed by atoms with van der Waals surface area (Å²) in [6.45, 7) is 1.32. The van der Waals surface area contributed by atoms with Crippen LogP contribution in [-0.2, 0) is 6.54 Å². The summed E-state index contributed by atoms with van der Waals surface area (Å²) < 4.78 is 7.23. The van der Waals surface area contributed by atoms with Gasteiger partial charge in [0.2, 0.25) is 0 Å². The van der Waals surface area contributed by atoms with E-state index in [0.29, 0.717) is 23.4 Å². The first kappa shape index (κ1) is 13.0. The minimum atomic E-state index is 0.336. The smallest absolute Gasteiger partial charge is 0.278 e. The lowest BCUT2D eigenvalue weighted by atomic mass is 10.4. The predicted octanol–water partition coefficient (Wildman–Crippen LogP) is 1.41. The fourth-order valence-corrected chi connectivity index (χ4v) is 4.44. The second-order valence-corrected chi connectivity index (χ2v) is 6.64. The van der Waals surface area contributed by atoms with E-state index >= 15 is 0 Å². The van der Waals surface area contributed by atoms with Gasteiger partial charge in [0.25, 0.3) is 5.89 Å². The van der Waals surface area contributed by atoms with Gasteiger partial charge in [-0.3, -0.25) is 0 Å². The van der Waals surface area contributed by atoms with Crippen molar-refractivity contribution in [2.24, 2.45) is 5.73 Å². The Morgan fingerprint density at radius 3 is 3.21 bits per heavy atom. The molecule has 1 aliphatic heterocycles. The van der Waals surface area contributed by atoms with E-state index in [1.165, 1.54) is 5.75 Å². The van der Waals surface area contributed by atoms with Crippen LogP contribution in [0.4, 0.5) is 0 Å². The lowest BCUT2D eigenvalue weighted by Gasteiger charge is -2.16. The maximum Gasteiger partial charge on any atom is 0.278 e. The maximum atomic E-state index is 5.51. The van der Waals surface area contributed by atoms with Crippen LogP contribution < -0.4 is 5.73 Å². The fraction of sp³-hybridized carbons (Fsp3) is 0.545. The van der Waals surface area contributed by atoms with Crippen molar-refractivity contribution in [2.75, 3.05) is 23.8 Å². The van der Waals surface area contributed by atoms with Crippen LogP contribution >= 0.6 is 23.5 Å². The first-order valence-corrected chi connectivity index (χ1v) is 8.32. The number of thioether (sulfide) groups is 2. The van der Waals surface area contributed by atoms with Crippen molar-refractivity contribution in [3.8, 4) is 11.6 Å². The molecule has 2 aromatic heterocycles. The van der Waals surface area contributed by atoms with Crippen LogP contribution in [0.1, 0.15) is 11.1 Å². The van der Waals surface area contributed by atoms with Crippen molar-refractivity contribution in [3.05, 3.63) is 18.3 Å². The Morgan fingerprint density at radius 1 is 1.47 bits per heavy atom. The quantitative estimate of drug-likeness (QED) is 0.913. The van der Waals surface area contributed by atoms with E-state index in [0.717, 1.165) is 23.9 Å². The number of hydrogen-bond acceptors (Lipinski definition) is 7. The molecule has 0 bridgehead atoms. The lowest BCUT2D eigenvalue weighted by Crippen LogP contribution is -2.08. The molecule has 1 unspecified atom stereocenters. The molecule has 19 heavy (non-hydrogen) atoms. The molecule has 102 valence electrons. The Kier molecular flexibility index (Phi) is 4.09. The minimum absolute atomic E-state index is 0.336. The molecule has 0 aliphatic carbocycles. The molecule has 2 aromatic rings. The van der Waals surface area contributed by atoms with Gasteiger partial charge >= 0.3 is 0 Å². The molecule has 1 atom stereocenters. The van der Waals surface area contributed by atoms with Crippen LogP contribution in [0.25, 0.3) is 11.6 Å². The Bertz CT molecular complexity index is 535. The fourth-order valence-electron chi connectivity index (χ4n) is 1.85. The highest BCUT2D eigenvalue weighted by atomic mass is 32.2. The molecule has 0 amide bonds. The summed E-state index contributed by atoms with van der Waals surface area (Å²) in [6, 6.07) is 0. The number of nitrogens with two attached hydrogens (primary N) is 1. The van der Waals surface area contributed by atoms with Gasteiger partial charge in [0.05, 0.1) is 11.6 Å². The predicted molar refractivity (Wildman–Crippen MR) is 77.1 cm³/mol. The molecular formula is C11H15N5OS2. The van der Waals surface area contributed by atoms with Gasteiger partial charge in [-0.05, 0) is 0 Å². The largest absolute Gasteiger partial charge is 0.335 e. The Labute approximate surface area is 119 Å². The minimum Gasteiger partial charge on any atom is -0.335 e. The van der Waals surface area contributed by atoms with Gasteiger partial charge in [-0.25, -0.2) is 4.98 Å². The van der Waals surface area contributed by atoms with Crippen molar-refractivity contribution in [1.82, 2.24) is 19.7 Å². The number of hydrogen-bond donors (Lipinski definition) is 1. The van der Waals surface area contributed by atoms with Gasteiger partial charge in [0, 0.05) is 36.5 Å². The first-order chi connectivity index (χ1) is 9.36. The van der Waals surface area contributed by atoms with E-state index < -0.39 is 0 Å². The molecule has 0 radical (unpaired) electrons. The summed E-state index contributed by atoms with van der Waals surface area (Å²) in [6.07, 6.45) is 3.62. The second-order valence-electron chi connectivity index (χ2n) is 4.18. The van der Waals surface area contributed by atoms with Crippen LogP contribution in [0.15, 0.2) is 17.0 Å². The van der Waals surface area contributed by atoms with E-state index in [-0.39, 0.29) is 0 Å². The van der Waals surface area contributed by atoms with Crippen LogP contribution in [-0.4, -0.2) is 43.5 Å². The van der Waals surface area contributed by atoms with Crippen molar-refractivity contribution in [1.29, 1.82) is 0 Å². The highest BCUT2D eigenvalue weighted by Crippen LogP contribution is 2.35. The van der Waals surface area contributed by atoms with Gasteiger partial charge in [-0.2, -0.15) is 16.7 Å². The van der Waals surface area contributed by atoms with Crippen molar-refractivity contribution in [3.63, 3.8) is 0 Å². The zero-order chi connectivity index (χ0) is 13.1. The molecule has 1 fully saturated rings. The van der Waals surface area contributed by atoms with Crippen molar-refractivity contribution >= 4 is 23.5 Å². The van der Waals surface area contributed by atoms with Gasteiger partial charge in [0.15, 0.2) is 5.82 Å². The summed E-state index contributed by atoms with van der Waals surface area (Å²) in [5, 5.41) is 4.41. The number of rotatable bonds is 4. The molecule has 0 aromatic carbocycles. The maximum absolute atomic E-state index is 5.51. The Balaban J connectivity index is 1.75. The van der Waals surface area contributed by atoms with Gasteiger partial charge < -0.3 is 14.8 Å². The highest BCUT2D eigenvalue weighted by molar-refractivity contribution is 8.06. The summed E-state index contributed by atoms with van der Waals surface area (Å²) in [5.74, 6) is 4.66. The van der Waals surface area contributed by atoms with E-state index in [2.05, 4.69) is 15.1 Å². The normalized spacial score (nSPS) is 19.7. The third-order valence-corrected chi connectivity index (χ3v) is 5.54. The summed E-state index contributed by atoms with van der Waals surface area (Å²) in [4.78, 5) is 8.72. The second kappa shape index (κ2) is 5.98. The van der Waals surface area contributed by atoms with Crippen LogP contribution in [0, 0.1) is 0 Å². The SMILES string of the molecule is NCCn1cnc(-c2nc(C3CSCCS3)no2)c1. The number of nitrogens with zero attached hydrogens (tertiary/aromatic N) is 4. The molecule has 8 heteroatoms. The third-order valence-electron chi connectivity index (χ3n) is 2.79. The summed E-state index contributed by atoms with van der Waals surface area (Å²) >= 11 is 3.83. The molecule has 2 N–H and O–H groups in total. The zero-order valence-corrected chi connectivity index (χ0v) is 12.0. The van der Waals surface area contributed by atoms with Crippen LogP contribution in [0.5, 0.6) is 0 Å². The number of aromatic nitrogens is 4. The zero-order valence-electron chi connectivity index (χ0n) is 10.4.